The van der Waals surface area contributed by atoms with Crippen LogP contribution in [-0.2, 0) is 15.3 Å². The fourth-order valence-corrected chi connectivity index (χ4v) is 6.74. The van der Waals surface area contributed by atoms with Crippen LogP contribution in [0.2, 0.25) is 0 Å². The van der Waals surface area contributed by atoms with Gasteiger partial charge >= 0.3 is 5.91 Å². The van der Waals surface area contributed by atoms with Crippen LogP contribution in [0.4, 0.5) is 5.13 Å². The van der Waals surface area contributed by atoms with E-state index < -0.39 is 17.7 Å². The van der Waals surface area contributed by atoms with Gasteiger partial charge in [-0.3, -0.25) is 14.5 Å². The van der Waals surface area contributed by atoms with E-state index in [1.165, 1.54) is 28.0 Å². The second-order valence-electron chi connectivity index (χ2n) is 10.5. The maximum Gasteiger partial charge on any atom is 0.301 e. The lowest BCUT2D eigenvalue weighted by atomic mass is 9.95. The van der Waals surface area contributed by atoms with Crippen molar-refractivity contribution in [1.29, 1.82) is 0 Å². The van der Waals surface area contributed by atoms with Gasteiger partial charge in [0.25, 0.3) is 5.78 Å². The van der Waals surface area contributed by atoms with Gasteiger partial charge in [-0.25, -0.2) is 0 Å². The summed E-state index contributed by atoms with van der Waals surface area (Å²) in [5, 5.41) is 20.5. The molecule has 0 aliphatic carbocycles. The molecule has 5 rings (SSSR count). The van der Waals surface area contributed by atoms with E-state index in [1.807, 2.05) is 44.2 Å². The summed E-state index contributed by atoms with van der Waals surface area (Å²) < 4.78 is 18.2. The van der Waals surface area contributed by atoms with Crippen molar-refractivity contribution in [3.8, 4) is 17.2 Å². The van der Waals surface area contributed by atoms with Crippen LogP contribution in [0.5, 0.6) is 17.2 Å². The molecular weight excluding hydrogens is 623 g/mol. The lowest BCUT2D eigenvalue weighted by Gasteiger charge is -2.23. The van der Waals surface area contributed by atoms with Crippen LogP contribution in [0.25, 0.3) is 5.76 Å². The van der Waals surface area contributed by atoms with E-state index >= 15 is 0 Å². The van der Waals surface area contributed by atoms with E-state index in [9.17, 15) is 14.7 Å². The van der Waals surface area contributed by atoms with Gasteiger partial charge < -0.3 is 19.3 Å². The van der Waals surface area contributed by atoms with Crippen molar-refractivity contribution in [2.75, 3.05) is 24.7 Å². The number of aliphatic hydroxyl groups is 1. The van der Waals surface area contributed by atoms with E-state index in [0.717, 1.165) is 24.8 Å². The summed E-state index contributed by atoms with van der Waals surface area (Å²) in [6, 6.07) is 21.1. The van der Waals surface area contributed by atoms with Gasteiger partial charge in [-0.05, 0) is 67.3 Å². The Balaban J connectivity index is 1.56. The maximum atomic E-state index is 13.7. The quantitative estimate of drug-likeness (QED) is 0.0341. The second-order valence-corrected chi connectivity index (χ2v) is 12.7. The van der Waals surface area contributed by atoms with E-state index in [4.69, 9.17) is 14.2 Å². The number of aliphatic hydroxyl groups excluding tert-OH is 1. The van der Waals surface area contributed by atoms with Crippen LogP contribution in [0.15, 0.2) is 82.7 Å². The molecule has 1 aliphatic rings. The predicted octanol–water partition coefficient (Wildman–Crippen LogP) is 7.82. The molecule has 0 bridgehead atoms. The Bertz CT molecular complexity index is 1670. The molecule has 1 atom stereocenters. The first kappa shape index (κ1) is 33.0. The number of thioether (sulfide) groups is 1. The number of nitrogens with zero attached hydrogens (tertiary/aromatic N) is 3. The average Bonchev–Trinajstić information content (AvgIpc) is 3.65. The maximum absolute atomic E-state index is 13.7. The summed E-state index contributed by atoms with van der Waals surface area (Å²) >= 11 is 2.72. The van der Waals surface area contributed by atoms with Crippen molar-refractivity contribution >= 4 is 45.7 Å². The number of carbonyl (C=O) groups is 2. The van der Waals surface area contributed by atoms with Crippen LogP contribution in [0.3, 0.4) is 0 Å². The monoisotopic (exact) mass is 659 g/mol. The smallest absolute Gasteiger partial charge is 0.301 e. The first-order valence-corrected chi connectivity index (χ1v) is 17.2. The number of rotatable bonds is 15. The summed E-state index contributed by atoms with van der Waals surface area (Å²) in [7, 11) is 0. The van der Waals surface area contributed by atoms with Crippen molar-refractivity contribution in [3.63, 3.8) is 0 Å². The molecule has 46 heavy (non-hydrogen) atoms. The molecule has 4 aromatic rings. The van der Waals surface area contributed by atoms with Crippen molar-refractivity contribution in [2.24, 2.45) is 0 Å². The van der Waals surface area contributed by atoms with Crippen LogP contribution in [0.1, 0.15) is 62.8 Å². The predicted molar refractivity (Wildman–Crippen MR) is 181 cm³/mol. The topological polar surface area (TPSA) is 111 Å². The Kier molecular flexibility index (Phi) is 11.3. The largest absolute Gasteiger partial charge is 0.507 e. The number of Topliss-reactive ketones (excluding diaryl/α,β-unsaturated/α-hetero) is 1. The minimum absolute atomic E-state index is 0.0528. The number of benzene rings is 3. The summed E-state index contributed by atoms with van der Waals surface area (Å²) in [6.45, 7) is 7.45. The third-order valence-electron chi connectivity index (χ3n) is 7.19. The summed E-state index contributed by atoms with van der Waals surface area (Å²) in [5.41, 5.74) is 2.01. The number of carbonyl (C=O) groups excluding carboxylic acids is 2. The Morgan fingerprint density at radius 1 is 0.891 bits per heavy atom. The van der Waals surface area contributed by atoms with E-state index in [0.29, 0.717) is 58.3 Å². The van der Waals surface area contributed by atoms with Crippen molar-refractivity contribution in [2.45, 2.75) is 56.2 Å². The average molecular weight is 660 g/mol. The molecule has 240 valence electrons. The SMILES string of the molecule is CCCCOc1ccc(C2/C(=C(\O)c3ccc(OCCC)cc3)C(=O)C(=O)N2c2nnc(SCc3ccccc3)s2)cc1OCC. The lowest BCUT2D eigenvalue weighted by Crippen LogP contribution is -2.29. The van der Waals surface area contributed by atoms with Crippen LogP contribution < -0.4 is 19.1 Å². The van der Waals surface area contributed by atoms with Gasteiger partial charge in [0, 0.05) is 11.3 Å². The van der Waals surface area contributed by atoms with E-state index in [1.54, 1.807) is 42.5 Å². The molecule has 11 heteroatoms. The van der Waals surface area contributed by atoms with Gasteiger partial charge in [-0.15, -0.1) is 10.2 Å². The van der Waals surface area contributed by atoms with Crippen molar-refractivity contribution in [3.05, 3.63) is 95.1 Å². The fraction of sp³-hybridized carbons (Fsp3) is 0.314. The Morgan fingerprint density at radius 3 is 2.39 bits per heavy atom. The first-order valence-electron chi connectivity index (χ1n) is 15.4. The molecule has 1 amide bonds. The lowest BCUT2D eigenvalue weighted by molar-refractivity contribution is -0.132. The van der Waals surface area contributed by atoms with Gasteiger partial charge in [-0.2, -0.15) is 0 Å². The minimum atomic E-state index is -0.986. The Hall–Kier alpha value is -4.35. The van der Waals surface area contributed by atoms with Gasteiger partial charge in [0.2, 0.25) is 5.13 Å². The number of unbranched alkanes of at least 4 members (excludes halogenated alkanes) is 1. The molecule has 1 aromatic heterocycles. The highest BCUT2D eigenvalue weighted by Gasteiger charge is 2.48. The third-order valence-corrected chi connectivity index (χ3v) is 9.32. The van der Waals surface area contributed by atoms with Crippen molar-refractivity contribution in [1.82, 2.24) is 10.2 Å². The van der Waals surface area contributed by atoms with Crippen LogP contribution in [-0.4, -0.2) is 46.8 Å². The zero-order chi connectivity index (χ0) is 32.5. The second kappa shape index (κ2) is 15.8. The zero-order valence-electron chi connectivity index (χ0n) is 26.1. The third kappa shape index (κ3) is 7.54. The Labute approximate surface area is 277 Å². The van der Waals surface area contributed by atoms with Crippen LogP contribution in [0, 0.1) is 0 Å². The van der Waals surface area contributed by atoms with Crippen LogP contribution >= 0.6 is 23.1 Å². The molecule has 2 heterocycles. The highest BCUT2D eigenvalue weighted by Crippen LogP contribution is 2.45. The van der Waals surface area contributed by atoms with Gasteiger partial charge in [0.1, 0.15) is 11.5 Å². The number of aromatic nitrogens is 2. The standard InChI is InChI=1S/C35H37N3O6S2/c1-4-7-20-44-27-18-15-25(21-28(27)42-6-3)30-29(31(39)24-13-16-26(17-14-24)43-19-5-2)32(40)33(41)38(30)34-36-37-35(46-34)45-22-23-11-9-8-10-12-23/h8-18,21,30,39H,4-7,19-20,22H2,1-3H3/b31-29+. The summed E-state index contributed by atoms with van der Waals surface area (Å²) in [5.74, 6) is 0.453. The number of hydrogen-bond acceptors (Lipinski definition) is 10. The summed E-state index contributed by atoms with van der Waals surface area (Å²) in [4.78, 5) is 28.8. The van der Waals surface area contributed by atoms with E-state index in [-0.39, 0.29) is 16.5 Å². The normalized spacial score (nSPS) is 15.7. The number of hydrogen-bond donors (Lipinski definition) is 1. The number of amides is 1. The molecular formula is C35H37N3O6S2. The van der Waals surface area contributed by atoms with E-state index in [2.05, 4.69) is 17.1 Å². The molecule has 1 saturated heterocycles. The molecule has 1 aliphatic heterocycles. The molecule has 1 unspecified atom stereocenters. The highest BCUT2D eigenvalue weighted by molar-refractivity contribution is 8.00. The molecule has 3 aromatic carbocycles. The minimum Gasteiger partial charge on any atom is -0.507 e. The molecule has 0 spiro atoms. The zero-order valence-corrected chi connectivity index (χ0v) is 27.7. The summed E-state index contributed by atoms with van der Waals surface area (Å²) in [6.07, 6.45) is 2.72. The molecule has 1 fully saturated rings. The Morgan fingerprint density at radius 2 is 1.67 bits per heavy atom. The number of anilines is 1. The molecule has 1 N–H and O–H groups in total. The number of ketones is 1. The van der Waals surface area contributed by atoms with Gasteiger partial charge in [0.15, 0.2) is 15.8 Å². The van der Waals surface area contributed by atoms with Crippen molar-refractivity contribution < 1.29 is 28.9 Å². The molecule has 9 nitrogen and oxygen atoms in total. The highest BCUT2D eigenvalue weighted by atomic mass is 32.2. The van der Waals surface area contributed by atoms with Gasteiger partial charge in [0.05, 0.1) is 31.4 Å². The number of ether oxygens (including phenoxy) is 3. The first-order chi connectivity index (χ1) is 22.4. The molecule has 0 radical (unpaired) electrons. The fourth-order valence-electron chi connectivity index (χ4n) is 4.92. The molecule has 0 saturated carbocycles. The van der Waals surface area contributed by atoms with Gasteiger partial charge in [-0.1, -0.05) is 79.8 Å².